The maximum Gasteiger partial charge on any atom is 0.306 e. The van der Waals surface area contributed by atoms with Crippen molar-refractivity contribution in [1.29, 1.82) is 0 Å². The molecule has 0 aromatic heterocycles. The molecule has 0 amide bonds. The third-order valence-corrected chi connectivity index (χ3v) is 2.39. The standard InChI is InChI=1S/C13H18O4/c1-4-17-12(14)9-8-10-6-5-7-11(15-2)13(10)16-3/h5-7H,4,8-9H2,1-3H3. The molecule has 0 aliphatic heterocycles. The van der Waals surface area contributed by atoms with Gasteiger partial charge in [-0.25, -0.2) is 0 Å². The van der Waals surface area contributed by atoms with E-state index in [1.165, 1.54) is 0 Å². The maximum atomic E-state index is 11.3. The van der Waals surface area contributed by atoms with Crippen LogP contribution in [-0.2, 0) is 16.0 Å². The third-order valence-electron chi connectivity index (χ3n) is 2.39. The number of hydrogen-bond donors (Lipinski definition) is 0. The highest BCUT2D eigenvalue weighted by Gasteiger charge is 2.11. The smallest absolute Gasteiger partial charge is 0.306 e. The molecule has 4 nitrogen and oxygen atoms in total. The predicted octanol–water partition coefficient (Wildman–Crippen LogP) is 2.20. The van der Waals surface area contributed by atoms with Crippen molar-refractivity contribution < 1.29 is 19.0 Å². The number of methoxy groups -OCH3 is 2. The molecule has 0 aliphatic rings. The van der Waals surface area contributed by atoms with Crippen LogP contribution in [0.2, 0.25) is 0 Å². The molecule has 94 valence electrons. The SMILES string of the molecule is CCOC(=O)CCc1cccc(OC)c1OC. The highest BCUT2D eigenvalue weighted by atomic mass is 16.5. The van der Waals surface area contributed by atoms with Gasteiger partial charge < -0.3 is 14.2 Å². The van der Waals surface area contributed by atoms with Crippen LogP contribution >= 0.6 is 0 Å². The Hall–Kier alpha value is -1.71. The van der Waals surface area contributed by atoms with Crippen LogP contribution in [0, 0.1) is 0 Å². The zero-order chi connectivity index (χ0) is 12.7. The van der Waals surface area contributed by atoms with Crippen LogP contribution in [0.25, 0.3) is 0 Å². The van der Waals surface area contributed by atoms with Gasteiger partial charge in [0.05, 0.1) is 20.8 Å². The van der Waals surface area contributed by atoms with Crippen LogP contribution in [0.5, 0.6) is 11.5 Å². The molecule has 17 heavy (non-hydrogen) atoms. The summed E-state index contributed by atoms with van der Waals surface area (Å²) in [5.74, 6) is 1.16. The fraction of sp³-hybridized carbons (Fsp3) is 0.462. The summed E-state index contributed by atoms with van der Waals surface area (Å²) < 4.78 is 15.4. The Morgan fingerprint density at radius 3 is 2.59 bits per heavy atom. The summed E-state index contributed by atoms with van der Waals surface area (Å²) in [6.45, 7) is 2.21. The van der Waals surface area contributed by atoms with Crippen molar-refractivity contribution in [3.63, 3.8) is 0 Å². The van der Waals surface area contributed by atoms with Gasteiger partial charge in [0.2, 0.25) is 0 Å². The first kappa shape index (κ1) is 13.4. The molecule has 0 fully saturated rings. The number of aryl methyl sites for hydroxylation is 1. The average Bonchev–Trinajstić information content (AvgIpc) is 2.36. The van der Waals surface area contributed by atoms with Gasteiger partial charge >= 0.3 is 5.97 Å². The van der Waals surface area contributed by atoms with E-state index in [2.05, 4.69) is 0 Å². The van der Waals surface area contributed by atoms with Gasteiger partial charge in [0, 0.05) is 6.42 Å². The van der Waals surface area contributed by atoms with E-state index in [1.54, 1.807) is 21.1 Å². The van der Waals surface area contributed by atoms with Crippen LogP contribution < -0.4 is 9.47 Å². The Morgan fingerprint density at radius 1 is 1.24 bits per heavy atom. The number of benzene rings is 1. The highest BCUT2D eigenvalue weighted by molar-refractivity contribution is 5.70. The van der Waals surface area contributed by atoms with Crippen LogP contribution in [0.15, 0.2) is 18.2 Å². The molecule has 1 aromatic rings. The molecule has 0 aliphatic carbocycles. The molecular weight excluding hydrogens is 220 g/mol. The van der Waals surface area contributed by atoms with Gasteiger partial charge in [-0.1, -0.05) is 12.1 Å². The maximum absolute atomic E-state index is 11.3. The van der Waals surface area contributed by atoms with E-state index in [0.717, 1.165) is 5.56 Å². The summed E-state index contributed by atoms with van der Waals surface area (Å²) in [4.78, 5) is 11.3. The first-order valence-corrected chi connectivity index (χ1v) is 5.58. The van der Waals surface area contributed by atoms with E-state index in [-0.39, 0.29) is 5.97 Å². The zero-order valence-electron chi connectivity index (χ0n) is 10.5. The number of carbonyl (C=O) groups is 1. The number of hydrogen-bond acceptors (Lipinski definition) is 4. The zero-order valence-corrected chi connectivity index (χ0v) is 10.5. The van der Waals surface area contributed by atoms with E-state index in [1.807, 2.05) is 18.2 Å². The van der Waals surface area contributed by atoms with Crippen LogP contribution in [0.1, 0.15) is 18.9 Å². The molecule has 0 radical (unpaired) electrons. The number of ether oxygens (including phenoxy) is 3. The normalized spacial score (nSPS) is 9.82. The van der Waals surface area contributed by atoms with Gasteiger partial charge in [-0.2, -0.15) is 0 Å². The summed E-state index contributed by atoms with van der Waals surface area (Å²) in [6, 6.07) is 5.62. The average molecular weight is 238 g/mol. The van der Waals surface area contributed by atoms with Crippen LogP contribution in [0.3, 0.4) is 0 Å². The topological polar surface area (TPSA) is 44.8 Å². The lowest BCUT2D eigenvalue weighted by Gasteiger charge is -2.12. The summed E-state index contributed by atoms with van der Waals surface area (Å²) in [5.41, 5.74) is 0.944. The van der Waals surface area contributed by atoms with Crippen molar-refractivity contribution >= 4 is 5.97 Å². The molecule has 0 N–H and O–H groups in total. The molecule has 0 unspecified atom stereocenters. The van der Waals surface area contributed by atoms with Crippen molar-refractivity contribution in [2.75, 3.05) is 20.8 Å². The monoisotopic (exact) mass is 238 g/mol. The van der Waals surface area contributed by atoms with Crippen molar-refractivity contribution in [3.05, 3.63) is 23.8 Å². The second kappa shape index (κ2) is 6.78. The molecule has 0 heterocycles. The number of para-hydroxylation sites is 1. The minimum Gasteiger partial charge on any atom is -0.493 e. The Labute approximate surface area is 101 Å². The Balaban J connectivity index is 2.73. The van der Waals surface area contributed by atoms with E-state index in [9.17, 15) is 4.79 Å². The summed E-state index contributed by atoms with van der Waals surface area (Å²) in [6.07, 6.45) is 0.927. The fourth-order valence-electron chi connectivity index (χ4n) is 1.62. The van der Waals surface area contributed by atoms with Gasteiger partial charge in [-0.15, -0.1) is 0 Å². The van der Waals surface area contributed by atoms with E-state index >= 15 is 0 Å². The van der Waals surface area contributed by atoms with Gasteiger partial charge in [-0.3, -0.25) is 4.79 Å². The summed E-state index contributed by atoms with van der Waals surface area (Å²) >= 11 is 0. The van der Waals surface area contributed by atoms with Crippen LogP contribution in [-0.4, -0.2) is 26.8 Å². The molecular formula is C13H18O4. The molecule has 0 spiro atoms. The molecule has 1 aromatic carbocycles. The molecule has 4 heteroatoms. The second-order valence-electron chi connectivity index (χ2n) is 3.46. The largest absolute Gasteiger partial charge is 0.493 e. The number of rotatable bonds is 6. The van der Waals surface area contributed by atoms with Crippen molar-refractivity contribution in [2.24, 2.45) is 0 Å². The highest BCUT2D eigenvalue weighted by Crippen LogP contribution is 2.31. The Morgan fingerprint density at radius 2 is 2.00 bits per heavy atom. The lowest BCUT2D eigenvalue weighted by Crippen LogP contribution is -2.06. The van der Waals surface area contributed by atoms with E-state index < -0.39 is 0 Å². The van der Waals surface area contributed by atoms with Crippen molar-refractivity contribution in [3.8, 4) is 11.5 Å². The number of esters is 1. The van der Waals surface area contributed by atoms with Gasteiger partial charge in [0.15, 0.2) is 11.5 Å². The summed E-state index contributed by atoms with van der Waals surface area (Å²) in [7, 11) is 3.18. The van der Waals surface area contributed by atoms with Gasteiger partial charge in [0.25, 0.3) is 0 Å². The van der Waals surface area contributed by atoms with Crippen molar-refractivity contribution in [2.45, 2.75) is 19.8 Å². The summed E-state index contributed by atoms with van der Waals surface area (Å²) in [5, 5.41) is 0. The van der Waals surface area contributed by atoms with Crippen molar-refractivity contribution in [1.82, 2.24) is 0 Å². The van der Waals surface area contributed by atoms with E-state index in [4.69, 9.17) is 14.2 Å². The van der Waals surface area contributed by atoms with Crippen LogP contribution in [0.4, 0.5) is 0 Å². The third kappa shape index (κ3) is 3.66. The lowest BCUT2D eigenvalue weighted by atomic mass is 10.1. The minimum atomic E-state index is -0.197. The number of carbonyl (C=O) groups excluding carboxylic acids is 1. The van der Waals surface area contributed by atoms with Gasteiger partial charge in [-0.05, 0) is 25.0 Å². The Bertz CT molecular complexity index is 374. The first-order valence-electron chi connectivity index (χ1n) is 5.58. The molecule has 0 atom stereocenters. The lowest BCUT2D eigenvalue weighted by molar-refractivity contribution is -0.143. The molecule has 0 saturated heterocycles. The minimum absolute atomic E-state index is 0.197. The molecule has 1 rings (SSSR count). The molecule has 0 saturated carbocycles. The van der Waals surface area contributed by atoms with Gasteiger partial charge in [0.1, 0.15) is 0 Å². The predicted molar refractivity (Wildman–Crippen MR) is 64.5 cm³/mol. The quantitative estimate of drug-likeness (QED) is 0.713. The Kier molecular flexibility index (Phi) is 5.33. The second-order valence-corrected chi connectivity index (χ2v) is 3.46. The first-order chi connectivity index (χ1) is 8.22. The molecule has 0 bridgehead atoms. The fourth-order valence-corrected chi connectivity index (χ4v) is 1.62. The van der Waals surface area contributed by atoms with E-state index in [0.29, 0.717) is 30.9 Å².